The zero-order chi connectivity index (χ0) is 13.1. The van der Waals surface area contributed by atoms with E-state index in [0.29, 0.717) is 25.4 Å². The smallest absolute Gasteiger partial charge is 0.135 e. The summed E-state index contributed by atoms with van der Waals surface area (Å²) in [5.74, 6) is -0.441. The molecular formula is C12H15FN2O2S. The maximum absolute atomic E-state index is 13.8. The number of anilines is 1. The van der Waals surface area contributed by atoms with E-state index in [1.165, 1.54) is 6.07 Å². The summed E-state index contributed by atoms with van der Waals surface area (Å²) in [6.07, 6.45) is 0. The summed E-state index contributed by atoms with van der Waals surface area (Å²) >= 11 is 4.90. The molecule has 0 amide bonds. The number of halogens is 1. The minimum absolute atomic E-state index is 0.0197. The van der Waals surface area contributed by atoms with Crippen LogP contribution in [-0.4, -0.2) is 42.5 Å². The number of hydrogen-bond acceptors (Lipinski definition) is 4. The van der Waals surface area contributed by atoms with Crippen LogP contribution in [0.25, 0.3) is 0 Å². The molecule has 0 aliphatic carbocycles. The van der Waals surface area contributed by atoms with E-state index in [4.69, 9.17) is 22.7 Å². The lowest BCUT2D eigenvalue weighted by Crippen LogP contribution is -2.48. The summed E-state index contributed by atoms with van der Waals surface area (Å²) in [4.78, 5) is 1.91. The van der Waals surface area contributed by atoms with Crippen LogP contribution in [0.4, 0.5) is 10.1 Å². The summed E-state index contributed by atoms with van der Waals surface area (Å²) in [6.45, 7) is 1.45. The first-order valence-electron chi connectivity index (χ1n) is 5.68. The molecule has 1 unspecified atom stereocenters. The molecule has 0 radical (unpaired) electrons. The first kappa shape index (κ1) is 13.2. The van der Waals surface area contributed by atoms with Crippen molar-refractivity contribution in [2.45, 2.75) is 6.04 Å². The van der Waals surface area contributed by atoms with Gasteiger partial charge < -0.3 is 20.5 Å². The molecule has 4 nitrogen and oxygen atoms in total. The SMILES string of the molecule is NC(=S)c1c(F)cccc1N1CCOCC1CO. The molecule has 6 heteroatoms. The summed E-state index contributed by atoms with van der Waals surface area (Å²) in [5.41, 5.74) is 6.43. The lowest BCUT2D eigenvalue weighted by molar-refractivity contribution is 0.0726. The number of hydrogen-bond donors (Lipinski definition) is 2. The molecule has 18 heavy (non-hydrogen) atoms. The van der Waals surface area contributed by atoms with Gasteiger partial charge in [-0.25, -0.2) is 4.39 Å². The Morgan fingerprint density at radius 3 is 3.06 bits per heavy atom. The van der Waals surface area contributed by atoms with E-state index in [1.54, 1.807) is 12.1 Å². The Bertz CT molecular complexity index is 456. The fourth-order valence-corrected chi connectivity index (χ4v) is 2.32. The number of rotatable bonds is 3. The van der Waals surface area contributed by atoms with Gasteiger partial charge in [0.1, 0.15) is 10.8 Å². The molecule has 0 spiro atoms. The van der Waals surface area contributed by atoms with E-state index in [2.05, 4.69) is 0 Å². The van der Waals surface area contributed by atoms with Gasteiger partial charge in [-0.3, -0.25) is 0 Å². The fraction of sp³-hybridized carbons (Fsp3) is 0.417. The zero-order valence-electron chi connectivity index (χ0n) is 9.80. The third-order valence-electron chi connectivity index (χ3n) is 2.99. The van der Waals surface area contributed by atoms with Gasteiger partial charge in [-0.05, 0) is 12.1 Å². The van der Waals surface area contributed by atoms with E-state index in [0.717, 1.165) is 0 Å². The average Bonchev–Trinajstić information content (AvgIpc) is 2.38. The van der Waals surface area contributed by atoms with Crippen molar-refractivity contribution in [3.63, 3.8) is 0 Å². The minimum Gasteiger partial charge on any atom is -0.394 e. The maximum Gasteiger partial charge on any atom is 0.135 e. The first-order chi connectivity index (χ1) is 8.65. The monoisotopic (exact) mass is 270 g/mol. The van der Waals surface area contributed by atoms with Gasteiger partial charge in [-0.15, -0.1) is 0 Å². The highest BCUT2D eigenvalue weighted by molar-refractivity contribution is 7.80. The number of ether oxygens (including phenoxy) is 1. The second kappa shape index (κ2) is 5.60. The van der Waals surface area contributed by atoms with Crippen LogP contribution in [0.15, 0.2) is 18.2 Å². The van der Waals surface area contributed by atoms with Crippen molar-refractivity contribution in [1.29, 1.82) is 0 Å². The Labute approximate surface area is 110 Å². The Kier molecular flexibility index (Phi) is 4.11. The molecule has 1 aromatic rings. The van der Waals surface area contributed by atoms with Gasteiger partial charge in [0.2, 0.25) is 0 Å². The van der Waals surface area contributed by atoms with Crippen LogP contribution in [-0.2, 0) is 4.74 Å². The summed E-state index contributed by atoms with van der Waals surface area (Å²) in [5, 5.41) is 9.34. The minimum atomic E-state index is -0.441. The van der Waals surface area contributed by atoms with Crippen LogP contribution in [0, 0.1) is 5.82 Å². The van der Waals surface area contributed by atoms with E-state index in [9.17, 15) is 9.50 Å². The van der Waals surface area contributed by atoms with Crippen LogP contribution >= 0.6 is 12.2 Å². The molecule has 1 heterocycles. The largest absolute Gasteiger partial charge is 0.394 e. The number of nitrogens with zero attached hydrogens (tertiary/aromatic N) is 1. The van der Waals surface area contributed by atoms with Crippen molar-refractivity contribution in [2.24, 2.45) is 5.73 Å². The Morgan fingerprint density at radius 2 is 2.39 bits per heavy atom. The van der Waals surface area contributed by atoms with Crippen molar-refractivity contribution < 1.29 is 14.2 Å². The van der Waals surface area contributed by atoms with E-state index in [-0.39, 0.29) is 23.2 Å². The van der Waals surface area contributed by atoms with Crippen LogP contribution in [0.5, 0.6) is 0 Å². The summed E-state index contributed by atoms with van der Waals surface area (Å²) < 4.78 is 19.1. The molecule has 1 aromatic carbocycles. The van der Waals surface area contributed by atoms with E-state index in [1.807, 2.05) is 4.90 Å². The Balaban J connectivity index is 2.42. The zero-order valence-corrected chi connectivity index (χ0v) is 10.6. The van der Waals surface area contributed by atoms with Gasteiger partial charge in [-0.2, -0.15) is 0 Å². The molecule has 98 valence electrons. The van der Waals surface area contributed by atoms with Crippen molar-refractivity contribution in [3.05, 3.63) is 29.6 Å². The highest BCUT2D eigenvalue weighted by atomic mass is 32.1. The predicted molar refractivity (Wildman–Crippen MR) is 71.3 cm³/mol. The highest BCUT2D eigenvalue weighted by Crippen LogP contribution is 2.26. The van der Waals surface area contributed by atoms with Crippen molar-refractivity contribution >= 4 is 22.9 Å². The van der Waals surface area contributed by atoms with Gasteiger partial charge in [0, 0.05) is 6.54 Å². The third kappa shape index (κ3) is 2.45. The topological polar surface area (TPSA) is 58.7 Å². The quantitative estimate of drug-likeness (QED) is 0.790. The molecule has 0 bridgehead atoms. The number of benzene rings is 1. The molecular weight excluding hydrogens is 255 g/mol. The second-order valence-electron chi connectivity index (χ2n) is 4.10. The lowest BCUT2D eigenvalue weighted by Gasteiger charge is -2.37. The lowest BCUT2D eigenvalue weighted by atomic mass is 10.1. The van der Waals surface area contributed by atoms with Gasteiger partial charge >= 0.3 is 0 Å². The Morgan fingerprint density at radius 1 is 1.61 bits per heavy atom. The third-order valence-corrected chi connectivity index (χ3v) is 3.19. The molecule has 0 aromatic heterocycles. The summed E-state index contributed by atoms with van der Waals surface area (Å²) in [7, 11) is 0. The van der Waals surface area contributed by atoms with Crippen LogP contribution < -0.4 is 10.6 Å². The van der Waals surface area contributed by atoms with Gasteiger partial charge in [0.25, 0.3) is 0 Å². The number of aliphatic hydroxyl groups excluding tert-OH is 1. The second-order valence-corrected chi connectivity index (χ2v) is 4.54. The number of aliphatic hydroxyl groups is 1. The predicted octanol–water partition coefficient (Wildman–Crippen LogP) is 0.657. The number of thiocarbonyl (C=S) groups is 1. The molecule has 1 atom stereocenters. The van der Waals surface area contributed by atoms with Gasteiger partial charge in [0.15, 0.2) is 0 Å². The molecule has 2 rings (SSSR count). The molecule has 1 aliphatic rings. The average molecular weight is 270 g/mol. The van der Waals surface area contributed by atoms with Crippen LogP contribution in [0.3, 0.4) is 0 Å². The Hall–Kier alpha value is -1.24. The molecule has 3 N–H and O–H groups in total. The van der Waals surface area contributed by atoms with E-state index < -0.39 is 5.82 Å². The number of morpholine rings is 1. The van der Waals surface area contributed by atoms with Gasteiger partial charge in [0.05, 0.1) is 37.1 Å². The normalized spacial score (nSPS) is 19.9. The standard InChI is InChI=1S/C12H15FN2O2S/c13-9-2-1-3-10(11(9)12(14)18)15-4-5-17-7-8(15)6-16/h1-3,8,16H,4-7H2,(H2,14,18). The van der Waals surface area contributed by atoms with E-state index >= 15 is 0 Å². The van der Waals surface area contributed by atoms with Crippen LogP contribution in [0.1, 0.15) is 5.56 Å². The number of nitrogens with two attached hydrogens (primary N) is 1. The fourth-order valence-electron chi connectivity index (χ4n) is 2.12. The molecule has 1 aliphatic heterocycles. The maximum atomic E-state index is 13.8. The molecule has 1 saturated heterocycles. The first-order valence-corrected chi connectivity index (χ1v) is 6.09. The van der Waals surface area contributed by atoms with Crippen molar-refractivity contribution in [3.8, 4) is 0 Å². The van der Waals surface area contributed by atoms with Crippen LogP contribution in [0.2, 0.25) is 0 Å². The molecule has 1 fully saturated rings. The summed E-state index contributed by atoms with van der Waals surface area (Å²) in [6, 6.07) is 4.49. The molecule has 0 saturated carbocycles. The van der Waals surface area contributed by atoms with Crippen molar-refractivity contribution in [2.75, 3.05) is 31.3 Å². The van der Waals surface area contributed by atoms with Crippen molar-refractivity contribution in [1.82, 2.24) is 0 Å². The highest BCUT2D eigenvalue weighted by Gasteiger charge is 2.26. The van der Waals surface area contributed by atoms with Gasteiger partial charge in [-0.1, -0.05) is 18.3 Å².